The van der Waals surface area contributed by atoms with Crippen LogP contribution in [-0.2, 0) is 20.9 Å². The molecule has 5 rings (SSSR count). The molecule has 2 amide bonds. The fourth-order valence-corrected chi connectivity index (χ4v) is 5.52. The van der Waals surface area contributed by atoms with E-state index in [1.807, 2.05) is 18.2 Å². The van der Waals surface area contributed by atoms with Gasteiger partial charge in [-0.1, -0.05) is 53.5 Å². The van der Waals surface area contributed by atoms with Crippen LogP contribution in [0.3, 0.4) is 0 Å². The standard InChI is InChI=1S/C30H27Cl2N3O5/c31-22-8-11-24(25(32)16-22)27(36)19-40-30(39)21-6-9-23(10-7-21)35-28(37)17-26(29(35)38)34-14-12-33(13-15-34)18-20-4-2-1-3-5-20/h1-11,16,26H,12-15,17-19H2. The summed E-state index contributed by atoms with van der Waals surface area (Å²) >= 11 is 11.9. The molecular weight excluding hydrogens is 553 g/mol. The van der Waals surface area contributed by atoms with Gasteiger partial charge in [-0.15, -0.1) is 0 Å². The van der Waals surface area contributed by atoms with Crippen LogP contribution in [-0.4, -0.2) is 72.2 Å². The zero-order valence-electron chi connectivity index (χ0n) is 21.6. The highest BCUT2D eigenvalue weighted by Gasteiger charge is 2.43. The monoisotopic (exact) mass is 579 g/mol. The van der Waals surface area contributed by atoms with Crippen LogP contribution in [0, 0.1) is 0 Å². The third-order valence-electron chi connectivity index (χ3n) is 7.15. The molecule has 0 saturated carbocycles. The first-order chi connectivity index (χ1) is 19.3. The van der Waals surface area contributed by atoms with Gasteiger partial charge in [0.15, 0.2) is 6.61 Å². The van der Waals surface area contributed by atoms with Crippen LogP contribution in [0.1, 0.15) is 32.7 Å². The Hall–Kier alpha value is -3.56. The largest absolute Gasteiger partial charge is 0.454 e. The summed E-state index contributed by atoms with van der Waals surface area (Å²) < 4.78 is 5.14. The van der Waals surface area contributed by atoms with Crippen LogP contribution < -0.4 is 4.90 Å². The molecule has 1 atom stereocenters. The van der Waals surface area contributed by atoms with Crippen LogP contribution in [0.5, 0.6) is 0 Å². The summed E-state index contributed by atoms with van der Waals surface area (Å²) in [6, 6.07) is 20.2. The predicted octanol–water partition coefficient (Wildman–Crippen LogP) is 4.48. The summed E-state index contributed by atoms with van der Waals surface area (Å²) in [7, 11) is 0. The Morgan fingerprint density at radius 1 is 0.875 bits per heavy atom. The molecule has 206 valence electrons. The SMILES string of the molecule is O=C(OCC(=O)c1ccc(Cl)cc1Cl)c1ccc(N2C(=O)CC(N3CCN(Cc4ccccc4)CC3)C2=O)cc1. The molecular formula is C30H27Cl2N3O5. The lowest BCUT2D eigenvalue weighted by Crippen LogP contribution is -2.52. The number of ether oxygens (including phenoxy) is 1. The molecule has 2 aliphatic heterocycles. The third-order valence-corrected chi connectivity index (χ3v) is 7.69. The minimum atomic E-state index is -0.713. The van der Waals surface area contributed by atoms with Crippen molar-refractivity contribution in [3.63, 3.8) is 0 Å². The van der Waals surface area contributed by atoms with Crippen molar-refractivity contribution in [3.05, 3.63) is 99.5 Å². The number of hydrogen-bond acceptors (Lipinski definition) is 7. The molecule has 0 aliphatic carbocycles. The molecule has 1 unspecified atom stereocenters. The molecule has 2 heterocycles. The van der Waals surface area contributed by atoms with Crippen molar-refractivity contribution in [1.82, 2.24) is 9.80 Å². The summed E-state index contributed by atoms with van der Waals surface area (Å²) in [6.07, 6.45) is 0.122. The van der Waals surface area contributed by atoms with Gasteiger partial charge in [-0.3, -0.25) is 24.2 Å². The van der Waals surface area contributed by atoms with Gasteiger partial charge in [0.1, 0.15) is 0 Å². The number of piperazine rings is 1. The minimum Gasteiger partial charge on any atom is -0.454 e. The van der Waals surface area contributed by atoms with Crippen molar-refractivity contribution in [1.29, 1.82) is 0 Å². The maximum Gasteiger partial charge on any atom is 0.338 e. The maximum atomic E-state index is 13.3. The number of imide groups is 1. The normalized spacial score (nSPS) is 18.2. The van der Waals surface area contributed by atoms with Crippen LogP contribution in [0.25, 0.3) is 0 Å². The van der Waals surface area contributed by atoms with Gasteiger partial charge in [-0.25, -0.2) is 9.69 Å². The summed E-state index contributed by atoms with van der Waals surface area (Å²) in [5, 5.41) is 0.562. The number of nitrogens with zero attached hydrogens (tertiary/aromatic N) is 3. The Kier molecular flexibility index (Phi) is 8.61. The second-order valence-corrected chi connectivity index (χ2v) is 10.6. The van der Waals surface area contributed by atoms with Crippen LogP contribution in [0.15, 0.2) is 72.8 Å². The Morgan fingerprint density at radius 3 is 2.25 bits per heavy atom. The fraction of sp³-hybridized carbons (Fsp3) is 0.267. The quantitative estimate of drug-likeness (QED) is 0.221. The number of esters is 1. The molecule has 2 aliphatic rings. The third kappa shape index (κ3) is 6.26. The zero-order valence-corrected chi connectivity index (χ0v) is 23.1. The summed E-state index contributed by atoms with van der Waals surface area (Å²) in [5.74, 6) is -1.72. The van der Waals surface area contributed by atoms with E-state index in [1.165, 1.54) is 52.9 Å². The number of rotatable bonds is 8. The summed E-state index contributed by atoms with van der Waals surface area (Å²) in [5.41, 5.74) is 2.02. The van der Waals surface area contributed by atoms with E-state index < -0.39 is 24.4 Å². The first-order valence-corrected chi connectivity index (χ1v) is 13.7. The van der Waals surface area contributed by atoms with E-state index in [4.69, 9.17) is 27.9 Å². The smallest absolute Gasteiger partial charge is 0.338 e. The first-order valence-electron chi connectivity index (χ1n) is 12.9. The summed E-state index contributed by atoms with van der Waals surface area (Å²) in [4.78, 5) is 56.6. The van der Waals surface area contributed by atoms with E-state index in [9.17, 15) is 19.2 Å². The minimum absolute atomic E-state index is 0.122. The van der Waals surface area contributed by atoms with Gasteiger partial charge in [0, 0.05) is 43.3 Å². The van der Waals surface area contributed by atoms with Crippen molar-refractivity contribution < 1.29 is 23.9 Å². The number of carbonyl (C=O) groups is 4. The van der Waals surface area contributed by atoms with Crippen LogP contribution >= 0.6 is 23.2 Å². The highest BCUT2D eigenvalue weighted by atomic mass is 35.5. The van der Waals surface area contributed by atoms with Gasteiger partial charge in [0.2, 0.25) is 11.7 Å². The lowest BCUT2D eigenvalue weighted by atomic mass is 10.1. The molecule has 3 aromatic carbocycles. The average Bonchev–Trinajstić information content (AvgIpc) is 3.26. The molecule has 10 heteroatoms. The summed E-state index contributed by atoms with van der Waals surface area (Å²) in [6.45, 7) is 3.40. The van der Waals surface area contributed by atoms with Crippen molar-refractivity contribution in [2.45, 2.75) is 19.0 Å². The first kappa shape index (κ1) is 28.0. The number of benzene rings is 3. The van der Waals surface area contributed by atoms with Gasteiger partial charge in [-0.05, 0) is 48.0 Å². The number of carbonyl (C=O) groups excluding carboxylic acids is 4. The predicted molar refractivity (Wildman–Crippen MR) is 152 cm³/mol. The van der Waals surface area contributed by atoms with E-state index in [0.717, 1.165) is 19.6 Å². The van der Waals surface area contributed by atoms with Gasteiger partial charge in [-0.2, -0.15) is 0 Å². The van der Waals surface area contributed by atoms with Gasteiger partial charge in [0.25, 0.3) is 5.91 Å². The lowest BCUT2D eigenvalue weighted by Gasteiger charge is -2.37. The molecule has 0 bridgehead atoms. The average molecular weight is 580 g/mol. The molecule has 2 saturated heterocycles. The van der Waals surface area contributed by atoms with Crippen molar-refractivity contribution in [2.75, 3.05) is 37.7 Å². The Balaban J connectivity index is 1.15. The van der Waals surface area contributed by atoms with Crippen molar-refractivity contribution in [3.8, 4) is 0 Å². The van der Waals surface area contributed by atoms with Crippen LogP contribution in [0.4, 0.5) is 5.69 Å². The number of amides is 2. The lowest BCUT2D eigenvalue weighted by molar-refractivity contribution is -0.123. The van der Waals surface area contributed by atoms with Crippen molar-refractivity contribution in [2.24, 2.45) is 0 Å². The van der Waals surface area contributed by atoms with E-state index >= 15 is 0 Å². The Morgan fingerprint density at radius 2 is 1.57 bits per heavy atom. The molecule has 0 spiro atoms. The maximum absolute atomic E-state index is 13.3. The fourth-order valence-electron chi connectivity index (χ4n) is 5.00. The second-order valence-electron chi connectivity index (χ2n) is 9.76. The molecule has 2 fully saturated rings. The molecule has 0 aromatic heterocycles. The number of anilines is 1. The Bertz CT molecular complexity index is 1420. The highest BCUT2D eigenvalue weighted by molar-refractivity contribution is 6.36. The van der Waals surface area contributed by atoms with Gasteiger partial charge in [0.05, 0.1) is 28.7 Å². The molecule has 0 N–H and O–H groups in total. The highest BCUT2D eigenvalue weighted by Crippen LogP contribution is 2.27. The number of ketones is 1. The van der Waals surface area contributed by atoms with Crippen LogP contribution in [0.2, 0.25) is 10.0 Å². The number of halogens is 2. The van der Waals surface area contributed by atoms with Crippen molar-refractivity contribution >= 4 is 52.5 Å². The zero-order chi connectivity index (χ0) is 28.2. The topological polar surface area (TPSA) is 87.2 Å². The van der Waals surface area contributed by atoms with E-state index in [0.29, 0.717) is 23.8 Å². The number of hydrogen-bond donors (Lipinski definition) is 0. The molecule has 0 radical (unpaired) electrons. The molecule has 40 heavy (non-hydrogen) atoms. The molecule has 8 nitrogen and oxygen atoms in total. The van der Waals surface area contributed by atoms with E-state index in [1.54, 1.807) is 0 Å². The second kappa shape index (κ2) is 12.3. The van der Waals surface area contributed by atoms with E-state index in [-0.39, 0.29) is 34.4 Å². The van der Waals surface area contributed by atoms with Gasteiger partial charge < -0.3 is 4.74 Å². The van der Waals surface area contributed by atoms with E-state index in [2.05, 4.69) is 21.9 Å². The Labute approximate surface area is 242 Å². The molecule has 3 aromatic rings. The van der Waals surface area contributed by atoms with Gasteiger partial charge >= 0.3 is 5.97 Å². The number of Topliss-reactive ketones (excluding diaryl/α,β-unsaturated/α-hetero) is 1.